The predicted molar refractivity (Wildman–Crippen MR) is 84.9 cm³/mol. The van der Waals surface area contributed by atoms with Crippen LogP contribution in [0.3, 0.4) is 0 Å². The molecule has 0 saturated heterocycles. The van der Waals surface area contributed by atoms with Gasteiger partial charge in [-0.1, -0.05) is 36.4 Å². The van der Waals surface area contributed by atoms with Gasteiger partial charge in [-0.2, -0.15) is 0 Å². The van der Waals surface area contributed by atoms with E-state index in [1.807, 2.05) is 18.3 Å². The lowest BCUT2D eigenvalue weighted by atomic mass is 10.1. The summed E-state index contributed by atoms with van der Waals surface area (Å²) in [6.45, 7) is 4.13. The maximum absolute atomic E-state index is 4.51. The fraction of sp³-hybridized carbons (Fsp3) is 0.353. The Labute approximate surface area is 121 Å². The van der Waals surface area contributed by atoms with Crippen LogP contribution in [0.1, 0.15) is 12.5 Å². The van der Waals surface area contributed by atoms with Gasteiger partial charge < -0.3 is 9.80 Å². The van der Waals surface area contributed by atoms with Crippen LogP contribution in [0.4, 0.5) is 5.82 Å². The summed E-state index contributed by atoms with van der Waals surface area (Å²) in [7, 11) is 4.21. The summed E-state index contributed by atoms with van der Waals surface area (Å²) >= 11 is 0. The van der Waals surface area contributed by atoms with Crippen LogP contribution in [-0.4, -0.2) is 36.6 Å². The van der Waals surface area contributed by atoms with Crippen molar-refractivity contribution in [2.45, 2.75) is 19.5 Å². The Kier molecular flexibility index (Phi) is 5.13. The first-order chi connectivity index (χ1) is 9.66. The van der Waals surface area contributed by atoms with Crippen molar-refractivity contribution in [3.63, 3.8) is 0 Å². The summed E-state index contributed by atoms with van der Waals surface area (Å²) in [6, 6.07) is 17.0. The van der Waals surface area contributed by atoms with E-state index in [1.54, 1.807) is 0 Å². The molecule has 1 heterocycles. The molecule has 0 radical (unpaired) electrons. The van der Waals surface area contributed by atoms with Crippen molar-refractivity contribution in [3.05, 3.63) is 60.3 Å². The summed E-state index contributed by atoms with van der Waals surface area (Å²) in [5.74, 6) is 1.03. The normalized spacial score (nSPS) is 12.4. The SMILES string of the molecule is CC(CN(C)C)N(Cc1ccccc1)c1ccccn1. The number of rotatable bonds is 6. The Morgan fingerprint density at radius 2 is 1.70 bits per heavy atom. The second-order valence-corrected chi connectivity index (χ2v) is 5.41. The lowest BCUT2D eigenvalue weighted by Gasteiger charge is -2.32. The molecule has 1 unspecified atom stereocenters. The highest BCUT2D eigenvalue weighted by molar-refractivity contribution is 5.40. The maximum Gasteiger partial charge on any atom is 0.129 e. The first kappa shape index (κ1) is 14.5. The summed E-state index contributed by atoms with van der Waals surface area (Å²) < 4.78 is 0. The van der Waals surface area contributed by atoms with Gasteiger partial charge in [-0.3, -0.25) is 0 Å². The van der Waals surface area contributed by atoms with Crippen LogP contribution < -0.4 is 4.90 Å². The summed E-state index contributed by atoms with van der Waals surface area (Å²) in [5.41, 5.74) is 1.31. The summed E-state index contributed by atoms with van der Waals surface area (Å²) in [5, 5.41) is 0. The van der Waals surface area contributed by atoms with Gasteiger partial charge in [0.2, 0.25) is 0 Å². The molecule has 0 saturated carbocycles. The molecule has 0 aliphatic rings. The molecule has 0 bridgehead atoms. The minimum Gasteiger partial charge on any atom is -0.348 e. The molecule has 20 heavy (non-hydrogen) atoms. The van der Waals surface area contributed by atoms with Gasteiger partial charge in [0.1, 0.15) is 5.82 Å². The van der Waals surface area contributed by atoms with Crippen molar-refractivity contribution in [2.75, 3.05) is 25.5 Å². The molecule has 0 amide bonds. The van der Waals surface area contributed by atoms with Crippen LogP contribution in [0, 0.1) is 0 Å². The minimum atomic E-state index is 0.403. The minimum absolute atomic E-state index is 0.403. The third kappa shape index (κ3) is 4.07. The predicted octanol–water partition coefficient (Wildman–Crippen LogP) is 3.04. The van der Waals surface area contributed by atoms with E-state index < -0.39 is 0 Å². The van der Waals surface area contributed by atoms with Crippen LogP contribution >= 0.6 is 0 Å². The molecule has 0 fully saturated rings. The monoisotopic (exact) mass is 269 g/mol. The van der Waals surface area contributed by atoms with Gasteiger partial charge >= 0.3 is 0 Å². The van der Waals surface area contributed by atoms with Gasteiger partial charge in [-0.25, -0.2) is 4.98 Å². The maximum atomic E-state index is 4.51. The van der Waals surface area contributed by atoms with E-state index >= 15 is 0 Å². The van der Waals surface area contributed by atoms with Crippen molar-refractivity contribution in [3.8, 4) is 0 Å². The molecule has 0 spiro atoms. The number of aromatic nitrogens is 1. The van der Waals surface area contributed by atoms with Gasteiger partial charge in [0.05, 0.1) is 0 Å². The first-order valence-corrected chi connectivity index (χ1v) is 7.03. The van der Waals surface area contributed by atoms with Crippen molar-refractivity contribution in [1.29, 1.82) is 0 Å². The van der Waals surface area contributed by atoms with E-state index in [4.69, 9.17) is 0 Å². The Morgan fingerprint density at radius 3 is 2.30 bits per heavy atom. The number of hydrogen-bond acceptors (Lipinski definition) is 3. The number of likely N-dealkylation sites (N-methyl/N-ethyl adjacent to an activating group) is 1. The first-order valence-electron chi connectivity index (χ1n) is 7.03. The highest BCUT2D eigenvalue weighted by Crippen LogP contribution is 2.17. The second kappa shape index (κ2) is 7.06. The Morgan fingerprint density at radius 1 is 1.00 bits per heavy atom. The zero-order valence-corrected chi connectivity index (χ0v) is 12.5. The fourth-order valence-electron chi connectivity index (χ4n) is 2.39. The van der Waals surface area contributed by atoms with E-state index in [-0.39, 0.29) is 0 Å². The van der Waals surface area contributed by atoms with Gasteiger partial charge in [0, 0.05) is 25.3 Å². The van der Waals surface area contributed by atoms with E-state index in [2.05, 4.69) is 72.2 Å². The molecule has 3 heteroatoms. The molecule has 2 rings (SSSR count). The number of anilines is 1. The zero-order chi connectivity index (χ0) is 14.4. The third-order valence-electron chi connectivity index (χ3n) is 3.30. The Balaban J connectivity index is 2.20. The topological polar surface area (TPSA) is 19.4 Å². The summed E-state index contributed by atoms with van der Waals surface area (Å²) in [4.78, 5) is 9.08. The molecule has 0 aliphatic carbocycles. The van der Waals surface area contributed by atoms with Crippen LogP contribution in [0.25, 0.3) is 0 Å². The van der Waals surface area contributed by atoms with Crippen molar-refractivity contribution >= 4 is 5.82 Å². The van der Waals surface area contributed by atoms with E-state index in [0.717, 1.165) is 18.9 Å². The van der Waals surface area contributed by atoms with Crippen molar-refractivity contribution in [2.24, 2.45) is 0 Å². The standard InChI is InChI=1S/C17H23N3/c1-15(13-19(2)3)20(17-11-7-8-12-18-17)14-16-9-5-4-6-10-16/h4-12,15H,13-14H2,1-3H3. The molecule has 1 atom stereocenters. The van der Waals surface area contributed by atoms with Crippen LogP contribution in [0.15, 0.2) is 54.7 Å². The molecule has 1 aromatic carbocycles. The lowest BCUT2D eigenvalue weighted by Crippen LogP contribution is -2.40. The smallest absolute Gasteiger partial charge is 0.129 e. The highest BCUT2D eigenvalue weighted by Gasteiger charge is 2.16. The van der Waals surface area contributed by atoms with Gasteiger partial charge in [-0.05, 0) is 38.7 Å². The molecule has 0 aliphatic heterocycles. The van der Waals surface area contributed by atoms with Gasteiger partial charge in [0.15, 0.2) is 0 Å². The highest BCUT2D eigenvalue weighted by atomic mass is 15.2. The molecule has 3 nitrogen and oxygen atoms in total. The van der Waals surface area contributed by atoms with Crippen molar-refractivity contribution < 1.29 is 0 Å². The van der Waals surface area contributed by atoms with Crippen LogP contribution in [-0.2, 0) is 6.54 Å². The molecular formula is C17H23N3. The van der Waals surface area contributed by atoms with Crippen LogP contribution in [0.5, 0.6) is 0 Å². The van der Waals surface area contributed by atoms with E-state index in [9.17, 15) is 0 Å². The molecule has 1 aromatic heterocycles. The van der Waals surface area contributed by atoms with Crippen LogP contribution in [0.2, 0.25) is 0 Å². The number of nitrogens with zero attached hydrogens (tertiary/aromatic N) is 3. The number of benzene rings is 1. The average molecular weight is 269 g/mol. The zero-order valence-electron chi connectivity index (χ0n) is 12.5. The van der Waals surface area contributed by atoms with Gasteiger partial charge in [0.25, 0.3) is 0 Å². The lowest BCUT2D eigenvalue weighted by molar-refractivity contribution is 0.370. The molecule has 106 valence electrons. The largest absolute Gasteiger partial charge is 0.348 e. The molecule has 0 N–H and O–H groups in total. The number of hydrogen-bond donors (Lipinski definition) is 0. The average Bonchev–Trinajstić information content (AvgIpc) is 2.46. The molecule has 2 aromatic rings. The Hall–Kier alpha value is -1.87. The quantitative estimate of drug-likeness (QED) is 0.803. The second-order valence-electron chi connectivity index (χ2n) is 5.41. The Bertz CT molecular complexity index is 496. The third-order valence-corrected chi connectivity index (χ3v) is 3.30. The van der Waals surface area contributed by atoms with Gasteiger partial charge in [-0.15, -0.1) is 0 Å². The fourth-order valence-corrected chi connectivity index (χ4v) is 2.39. The van der Waals surface area contributed by atoms with E-state index in [0.29, 0.717) is 6.04 Å². The molecular weight excluding hydrogens is 246 g/mol. The number of pyridine rings is 1. The summed E-state index contributed by atoms with van der Waals surface area (Å²) in [6.07, 6.45) is 1.86. The van der Waals surface area contributed by atoms with Crippen molar-refractivity contribution in [1.82, 2.24) is 9.88 Å². The van der Waals surface area contributed by atoms with E-state index in [1.165, 1.54) is 5.56 Å².